The van der Waals surface area contributed by atoms with Gasteiger partial charge in [-0.3, -0.25) is 4.68 Å². The van der Waals surface area contributed by atoms with E-state index in [1.54, 1.807) is 0 Å². The van der Waals surface area contributed by atoms with E-state index in [4.69, 9.17) is 0 Å². The van der Waals surface area contributed by atoms with Crippen molar-refractivity contribution < 1.29 is 13.2 Å². The van der Waals surface area contributed by atoms with Crippen LogP contribution in [0.25, 0.3) is 0 Å². The highest BCUT2D eigenvalue weighted by Crippen LogP contribution is 2.30. The predicted molar refractivity (Wildman–Crippen MR) is 95.9 cm³/mol. The van der Waals surface area contributed by atoms with Crippen LogP contribution in [0.3, 0.4) is 0 Å². The molecule has 0 radical (unpaired) electrons. The third-order valence-electron chi connectivity index (χ3n) is 4.39. The molecular weight excluding hydrogens is 345 g/mol. The number of piperidine rings is 1. The lowest BCUT2D eigenvalue weighted by molar-refractivity contribution is -0.142. The molecule has 0 spiro atoms. The Kier molecular flexibility index (Phi) is 7.31. The minimum Gasteiger partial charge on any atom is -0.357 e. The number of hydrogen-bond acceptors (Lipinski definition) is 3. The molecule has 0 unspecified atom stereocenters. The van der Waals surface area contributed by atoms with Crippen molar-refractivity contribution in [3.8, 4) is 0 Å². The number of rotatable bonds is 6. The number of hydrogen-bond donors (Lipinski definition) is 2. The fraction of sp³-hybridized carbons (Fsp3) is 0.765. The Bertz CT molecular complexity index is 588. The Morgan fingerprint density at radius 2 is 2.00 bits per heavy atom. The molecule has 2 heterocycles. The van der Waals surface area contributed by atoms with E-state index in [1.807, 2.05) is 6.92 Å². The quantitative estimate of drug-likeness (QED) is 0.593. The van der Waals surface area contributed by atoms with E-state index >= 15 is 0 Å². The van der Waals surface area contributed by atoms with Crippen LogP contribution in [0.5, 0.6) is 0 Å². The fourth-order valence-corrected chi connectivity index (χ4v) is 3.19. The third-order valence-corrected chi connectivity index (χ3v) is 4.39. The van der Waals surface area contributed by atoms with E-state index in [0.29, 0.717) is 12.5 Å². The van der Waals surface area contributed by atoms with Crippen molar-refractivity contribution in [2.45, 2.75) is 51.9 Å². The van der Waals surface area contributed by atoms with Gasteiger partial charge >= 0.3 is 6.18 Å². The van der Waals surface area contributed by atoms with Gasteiger partial charge in [0.2, 0.25) is 0 Å². The molecule has 2 N–H and O–H groups in total. The van der Waals surface area contributed by atoms with Crippen LogP contribution in [0.1, 0.15) is 44.4 Å². The van der Waals surface area contributed by atoms with Gasteiger partial charge in [0.15, 0.2) is 11.7 Å². The molecule has 6 nitrogen and oxygen atoms in total. The number of halogens is 3. The monoisotopic (exact) mass is 374 g/mol. The maximum absolute atomic E-state index is 13.0. The van der Waals surface area contributed by atoms with Crippen molar-refractivity contribution in [2.24, 2.45) is 12.0 Å². The molecule has 1 aromatic rings. The van der Waals surface area contributed by atoms with Crippen molar-refractivity contribution in [2.75, 3.05) is 26.2 Å². The average Bonchev–Trinajstić information content (AvgIpc) is 2.96. The van der Waals surface area contributed by atoms with Gasteiger partial charge in [-0.2, -0.15) is 18.3 Å². The normalized spacial score (nSPS) is 17.5. The molecule has 0 amide bonds. The number of aryl methyl sites for hydroxylation is 1. The second-order valence-corrected chi connectivity index (χ2v) is 6.63. The minimum absolute atomic E-state index is 0.0628. The molecule has 0 saturated carbocycles. The van der Waals surface area contributed by atoms with Crippen LogP contribution < -0.4 is 10.6 Å². The molecule has 1 fully saturated rings. The highest BCUT2D eigenvalue weighted by molar-refractivity contribution is 5.80. The second kappa shape index (κ2) is 9.25. The van der Waals surface area contributed by atoms with Crippen LogP contribution >= 0.6 is 0 Å². The highest BCUT2D eigenvalue weighted by Gasteiger charge is 2.36. The third kappa shape index (κ3) is 5.89. The van der Waals surface area contributed by atoms with Crippen LogP contribution in [0.2, 0.25) is 0 Å². The SMILES string of the molecule is CCCN1CCC(NC(=NCc2cn(C)nc2C(F)(F)F)NCC)CC1. The molecule has 1 aliphatic rings. The summed E-state index contributed by atoms with van der Waals surface area (Å²) in [5, 5.41) is 10.0. The van der Waals surface area contributed by atoms with Gasteiger partial charge in [-0.05, 0) is 32.7 Å². The molecule has 9 heteroatoms. The van der Waals surface area contributed by atoms with Gasteiger partial charge in [0, 0.05) is 44.5 Å². The standard InChI is InChI=1S/C17H29F3N6/c1-4-8-26-9-6-14(7-10-26)23-16(21-5-2)22-11-13-12-25(3)24-15(13)17(18,19)20/h12,14H,4-11H2,1-3H3,(H2,21,22,23). The number of likely N-dealkylation sites (tertiary alicyclic amines) is 1. The number of aromatic nitrogens is 2. The summed E-state index contributed by atoms with van der Waals surface area (Å²) >= 11 is 0. The zero-order chi connectivity index (χ0) is 19.2. The van der Waals surface area contributed by atoms with Crippen LogP contribution in [0, 0.1) is 0 Å². The number of nitrogens with one attached hydrogen (secondary N) is 2. The first-order valence-corrected chi connectivity index (χ1v) is 9.20. The van der Waals surface area contributed by atoms with Crippen molar-refractivity contribution in [1.82, 2.24) is 25.3 Å². The van der Waals surface area contributed by atoms with E-state index in [2.05, 4.69) is 32.5 Å². The summed E-state index contributed by atoms with van der Waals surface area (Å²) in [4.78, 5) is 6.79. The Labute approximate surface area is 152 Å². The van der Waals surface area contributed by atoms with Crippen LogP contribution in [0.15, 0.2) is 11.2 Å². The lowest BCUT2D eigenvalue weighted by Crippen LogP contribution is -2.48. The topological polar surface area (TPSA) is 57.5 Å². The summed E-state index contributed by atoms with van der Waals surface area (Å²) in [7, 11) is 1.48. The summed E-state index contributed by atoms with van der Waals surface area (Å²) in [5.74, 6) is 0.554. The number of guanidine groups is 1. The maximum atomic E-state index is 13.0. The van der Waals surface area contributed by atoms with Crippen LogP contribution in [-0.4, -0.2) is 52.9 Å². The van der Waals surface area contributed by atoms with Gasteiger partial charge < -0.3 is 15.5 Å². The fourth-order valence-electron chi connectivity index (χ4n) is 3.19. The zero-order valence-electron chi connectivity index (χ0n) is 15.7. The summed E-state index contributed by atoms with van der Waals surface area (Å²) in [6, 6.07) is 0.289. The van der Waals surface area contributed by atoms with Gasteiger partial charge in [0.25, 0.3) is 0 Å². The first-order valence-electron chi connectivity index (χ1n) is 9.20. The zero-order valence-corrected chi connectivity index (χ0v) is 15.7. The summed E-state index contributed by atoms with van der Waals surface area (Å²) < 4.78 is 40.3. The van der Waals surface area contributed by atoms with Crippen molar-refractivity contribution in [3.63, 3.8) is 0 Å². The first-order chi connectivity index (χ1) is 12.3. The van der Waals surface area contributed by atoms with Gasteiger partial charge in [0.1, 0.15) is 0 Å². The highest BCUT2D eigenvalue weighted by atomic mass is 19.4. The van der Waals surface area contributed by atoms with Crippen LogP contribution in [-0.2, 0) is 19.8 Å². The molecule has 148 valence electrons. The van der Waals surface area contributed by atoms with Gasteiger partial charge in [-0.15, -0.1) is 0 Å². The van der Waals surface area contributed by atoms with Gasteiger partial charge in [-0.25, -0.2) is 4.99 Å². The lowest BCUT2D eigenvalue weighted by Gasteiger charge is -2.32. The molecular formula is C17H29F3N6. The Hall–Kier alpha value is -1.77. The van der Waals surface area contributed by atoms with Gasteiger partial charge in [0.05, 0.1) is 6.54 Å². The summed E-state index contributed by atoms with van der Waals surface area (Å²) in [6.45, 7) is 7.88. The van der Waals surface area contributed by atoms with Crippen molar-refractivity contribution >= 4 is 5.96 Å². The molecule has 2 rings (SSSR count). The first kappa shape index (κ1) is 20.5. The molecule has 0 bridgehead atoms. The number of nitrogens with zero attached hydrogens (tertiary/aromatic N) is 4. The smallest absolute Gasteiger partial charge is 0.357 e. The van der Waals surface area contributed by atoms with E-state index in [9.17, 15) is 13.2 Å². The molecule has 0 aromatic carbocycles. The molecule has 26 heavy (non-hydrogen) atoms. The van der Waals surface area contributed by atoms with Crippen molar-refractivity contribution in [3.05, 3.63) is 17.5 Å². The second-order valence-electron chi connectivity index (χ2n) is 6.63. The minimum atomic E-state index is -4.47. The molecule has 1 aromatic heterocycles. The lowest BCUT2D eigenvalue weighted by atomic mass is 10.1. The molecule has 0 aliphatic carbocycles. The predicted octanol–water partition coefficient (Wildman–Crippen LogP) is 2.37. The van der Waals surface area contributed by atoms with E-state index in [0.717, 1.165) is 38.9 Å². The summed E-state index contributed by atoms with van der Waals surface area (Å²) in [6.07, 6.45) is 0.0637. The van der Waals surface area contributed by atoms with E-state index < -0.39 is 11.9 Å². The number of alkyl halides is 3. The van der Waals surface area contributed by atoms with Crippen molar-refractivity contribution in [1.29, 1.82) is 0 Å². The largest absolute Gasteiger partial charge is 0.435 e. The van der Waals surface area contributed by atoms with E-state index in [1.165, 1.54) is 17.9 Å². The Balaban J connectivity index is 1.99. The van der Waals surface area contributed by atoms with Gasteiger partial charge in [-0.1, -0.05) is 6.92 Å². The molecule has 1 aliphatic heterocycles. The molecule has 1 saturated heterocycles. The van der Waals surface area contributed by atoms with Crippen LogP contribution in [0.4, 0.5) is 13.2 Å². The van der Waals surface area contributed by atoms with E-state index in [-0.39, 0.29) is 18.2 Å². The average molecular weight is 374 g/mol. The Morgan fingerprint density at radius 1 is 1.31 bits per heavy atom. The molecule has 0 atom stereocenters. The number of aliphatic imine (C=N–C) groups is 1. The maximum Gasteiger partial charge on any atom is 0.435 e. The Morgan fingerprint density at radius 3 is 2.58 bits per heavy atom. The summed E-state index contributed by atoms with van der Waals surface area (Å²) in [5.41, 5.74) is -0.789.